The van der Waals surface area contributed by atoms with Crippen LogP contribution >= 0.6 is 0 Å². The number of para-hydroxylation sites is 3. The van der Waals surface area contributed by atoms with Crippen molar-refractivity contribution in [2.75, 3.05) is 31.1 Å². The normalized spacial score (nSPS) is 22.6. The summed E-state index contributed by atoms with van der Waals surface area (Å²) >= 11 is 0. The molecule has 0 spiro atoms. The summed E-state index contributed by atoms with van der Waals surface area (Å²) in [7, 11) is 0. The number of anilines is 1. The van der Waals surface area contributed by atoms with E-state index in [4.69, 9.17) is 9.47 Å². The number of hydrogen-bond acceptors (Lipinski definition) is 5. The molecule has 35 heavy (non-hydrogen) atoms. The molecule has 184 valence electrons. The van der Waals surface area contributed by atoms with E-state index < -0.39 is 5.66 Å². The van der Waals surface area contributed by atoms with Crippen molar-refractivity contribution in [3.05, 3.63) is 54.1 Å². The highest BCUT2D eigenvalue weighted by Crippen LogP contribution is 2.44. The summed E-state index contributed by atoms with van der Waals surface area (Å²) in [6.07, 6.45) is 1.59. The van der Waals surface area contributed by atoms with Crippen molar-refractivity contribution in [1.29, 1.82) is 0 Å². The van der Waals surface area contributed by atoms with Gasteiger partial charge in [0, 0.05) is 25.9 Å². The van der Waals surface area contributed by atoms with Crippen molar-refractivity contribution in [3.63, 3.8) is 0 Å². The second-order valence-corrected chi connectivity index (χ2v) is 9.45. The van der Waals surface area contributed by atoms with Crippen LogP contribution in [0.5, 0.6) is 11.5 Å². The molecule has 3 aliphatic heterocycles. The Balaban J connectivity index is 1.22. The van der Waals surface area contributed by atoms with E-state index in [-0.39, 0.29) is 23.8 Å². The van der Waals surface area contributed by atoms with Crippen LogP contribution in [0.4, 0.5) is 5.69 Å². The van der Waals surface area contributed by atoms with Gasteiger partial charge in [-0.05, 0) is 51.0 Å². The minimum absolute atomic E-state index is 0.0179. The molecule has 0 N–H and O–H groups in total. The van der Waals surface area contributed by atoms with Crippen LogP contribution in [0.25, 0.3) is 0 Å². The van der Waals surface area contributed by atoms with Crippen LogP contribution in [0.15, 0.2) is 48.5 Å². The lowest BCUT2D eigenvalue weighted by atomic mass is 9.98. The van der Waals surface area contributed by atoms with Gasteiger partial charge >= 0.3 is 0 Å². The van der Waals surface area contributed by atoms with Crippen LogP contribution in [0.1, 0.15) is 49.9 Å². The molecule has 0 saturated carbocycles. The van der Waals surface area contributed by atoms with E-state index in [1.807, 2.05) is 56.3 Å². The number of likely N-dealkylation sites (N-methyl/N-ethyl adjacent to an activating group) is 1. The molecular formula is C27H31N3O5. The average molecular weight is 478 g/mol. The Morgan fingerprint density at radius 2 is 1.86 bits per heavy atom. The Labute approximate surface area is 205 Å². The Hall–Kier alpha value is -3.55. The highest BCUT2D eigenvalue weighted by atomic mass is 16.6. The number of ether oxygens (including phenoxy) is 2. The third-order valence-corrected chi connectivity index (χ3v) is 7.24. The molecule has 2 aromatic carbocycles. The second kappa shape index (κ2) is 9.24. The lowest BCUT2D eigenvalue weighted by molar-refractivity contribution is -0.132. The number of carbonyl (C=O) groups is 3. The molecular weight excluding hydrogens is 446 g/mol. The van der Waals surface area contributed by atoms with Gasteiger partial charge in [0.05, 0.1) is 17.8 Å². The number of hydrogen-bond donors (Lipinski definition) is 0. The van der Waals surface area contributed by atoms with Crippen LogP contribution in [-0.2, 0) is 9.59 Å². The van der Waals surface area contributed by atoms with Crippen molar-refractivity contribution in [1.82, 2.24) is 9.80 Å². The Morgan fingerprint density at radius 1 is 1.11 bits per heavy atom. The average Bonchev–Trinajstić information content (AvgIpc) is 3.19. The molecule has 0 aliphatic carbocycles. The van der Waals surface area contributed by atoms with E-state index >= 15 is 0 Å². The first-order valence-electron chi connectivity index (χ1n) is 12.3. The van der Waals surface area contributed by atoms with Gasteiger partial charge < -0.3 is 19.3 Å². The predicted octanol–water partition coefficient (Wildman–Crippen LogP) is 3.45. The number of amides is 3. The number of nitrogens with zero attached hydrogens (tertiary/aromatic N) is 3. The first kappa shape index (κ1) is 23.2. The summed E-state index contributed by atoms with van der Waals surface area (Å²) < 4.78 is 11.8. The maximum absolute atomic E-state index is 13.4. The highest BCUT2D eigenvalue weighted by molar-refractivity contribution is 6.10. The van der Waals surface area contributed by atoms with Crippen molar-refractivity contribution < 1.29 is 23.9 Å². The Kier molecular flexibility index (Phi) is 6.13. The summed E-state index contributed by atoms with van der Waals surface area (Å²) in [6.45, 7) is 5.71. The minimum atomic E-state index is -0.698. The van der Waals surface area contributed by atoms with Crippen LogP contribution < -0.4 is 14.4 Å². The third kappa shape index (κ3) is 4.11. The minimum Gasteiger partial charge on any atom is -0.486 e. The standard InChI is InChI=1S/C27H31N3O5/c1-3-28(17-19-18-34-22-11-6-7-12-23(22)35-19)24(31)13-8-16-29-26(33)20-9-4-5-10-21(20)30-25(32)14-15-27(29,30)2/h4-7,9-12,19H,3,8,13-18H2,1-2H3. The van der Waals surface area contributed by atoms with E-state index in [9.17, 15) is 14.4 Å². The molecule has 8 nitrogen and oxygen atoms in total. The van der Waals surface area contributed by atoms with Crippen LogP contribution in [0.2, 0.25) is 0 Å². The van der Waals surface area contributed by atoms with Crippen molar-refractivity contribution in [3.8, 4) is 11.5 Å². The largest absolute Gasteiger partial charge is 0.486 e. The fourth-order valence-electron chi connectivity index (χ4n) is 5.39. The van der Waals surface area contributed by atoms with Crippen LogP contribution in [0.3, 0.4) is 0 Å². The zero-order valence-electron chi connectivity index (χ0n) is 20.2. The van der Waals surface area contributed by atoms with E-state index in [1.165, 1.54) is 0 Å². The van der Waals surface area contributed by atoms with Gasteiger partial charge in [-0.2, -0.15) is 0 Å². The Bertz CT molecular complexity index is 1150. The van der Waals surface area contributed by atoms with Gasteiger partial charge in [-0.15, -0.1) is 0 Å². The number of carbonyl (C=O) groups excluding carboxylic acids is 3. The SMILES string of the molecule is CCN(CC1COc2ccccc2O1)C(=O)CCCN1C(=O)c2ccccc2N2C(=O)CCC12C. The second-order valence-electron chi connectivity index (χ2n) is 9.45. The van der Waals surface area contributed by atoms with Gasteiger partial charge in [0.15, 0.2) is 17.6 Å². The molecule has 5 rings (SSSR count). The molecule has 2 aromatic rings. The van der Waals surface area contributed by atoms with Crippen molar-refractivity contribution >= 4 is 23.4 Å². The van der Waals surface area contributed by atoms with Gasteiger partial charge in [-0.25, -0.2) is 0 Å². The predicted molar refractivity (Wildman–Crippen MR) is 130 cm³/mol. The molecule has 0 aromatic heterocycles. The summed E-state index contributed by atoms with van der Waals surface area (Å²) in [5, 5.41) is 0. The first-order valence-corrected chi connectivity index (χ1v) is 12.3. The fourth-order valence-corrected chi connectivity index (χ4v) is 5.39. The summed E-state index contributed by atoms with van der Waals surface area (Å²) in [5.41, 5.74) is 0.524. The zero-order chi connectivity index (χ0) is 24.6. The molecule has 8 heteroatoms. The van der Waals surface area contributed by atoms with Crippen LogP contribution in [0, 0.1) is 0 Å². The summed E-state index contributed by atoms with van der Waals surface area (Å²) in [4.78, 5) is 44.4. The lowest BCUT2D eigenvalue weighted by Crippen LogP contribution is -2.62. The summed E-state index contributed by atoms with van der Waals surface area (Å²) in [5.74, 6) is 1.38. The van der Waals surface area contributed by atoms with Gasteiger partial charge in [-0.3, -0.25) is 19.3 Å². The quantitative estimate of drug-likeness (QED) is 0.610. The molecule has 2 atom stereocenters. The molecule has 3 amide bonds. The number of fused-ring (bicyclic) bond motifs is 4. The topological polar surface area (TPSA) is 79.4 Å². The van der Waals surface area contributed by atoms with E-state index in [0.717, 1.165) is 5.75 Å². The monoisotopic (exact) mass is 477 g/mol. The molecule has 2 unspecified atom stereocenters. The molecule has 1 fully saturated rings. The maximum atomic E-state index is 13.4. The number of rotatable bonds is 7. The first-order chi connectivity index (χ1) is 16.9. The van der Waals surface area contributed by atoms with Crippen molar-refractivity contribution in [2.45, 2.75) is 51.3 Å². The Morgan fingerprint density at radius 3 is 2.66 bits per heavy atom. The van der Waals surface area contributed by atoms with Crippen molar-refractivity contribution in [2.24, 2.45) is 0 Å². The summed E-state index contributed by atoms with van der Waals surface area (Å²) in [6, 6.07) is 14.8. The molecule has 0 radical (unpaired) electrons. The van der Waals surface area contributed by atoms with Gasteiger partial charge in [0.1, 0.15) is 12.3 Å². The smallest absolute Gasteiger partial charge is 0.257 e. The lowest BCUT2D eigenvalue weighted by Gasteiger charge is -2.48. The van der Waals surface area contributed by atoms with Crippen LogP contribution in [-0.4, -0.2) is 65.5 Å². The molecule has 1 saturated heterocycles. The van der Waals surface area contributed by atoms with E-state index in [1.54, 1.807) is 20.8 Å². The van der Waals surface area contributed by atoms with Gasteiger partial charge in [-0.1, -0.05) is 24.3 Å². The molecule has 3 aliphatic rings. The third-order valence-electron chi connectivity index (χ3n) is 7.24. The number of benzene rings is 2. The maximum Gasteiger partial charge on any atom is 0.257 e. The van der Waals surface area contributed by atoms with E-state index in [2.05, 4.69) is 0 Å². The fraction of sp³-hybridized carbons (Fsp3) is 0.444. The highest BCUT2D eigenvalue weighted by Gasteiger charge is 2.52. The van der Waals surface area contributed by atoms with E-state index in [0.29, 0.717) is 68.9 Å². The molecule has 3 heterocycles. The van der Waals surface area contributed by atoms with Gasteiger partial charge in [0.25, 0.3) is 5.91 Å². The zero-order valence-corrected chi connectivity index (χ0v) is 20.2. The molecule has 0 bridgehead atoms. The van der Waals surface area contributed by atoms with Gasteiger partial charge in [0.2, 0.25) is 11.8 Å².